The summed E-state index contributed by atoms with van der Waals surface area (Å²) in [5.74, 6) is -1.27. The minimum atomic E-state index is -0.929. The van der Waals surface area contributed by atoms with Crippen LogP contribution < -0.4 is 10.1 Å². The van der Waals surface area contributed by atoms with Crippen LogP contribution in [0, 0.1) is 11.8 Å². The molecule has 1 aliphatic rings. The van der Waals surface area contributed by atoms with E-state index < -0.39 is 17.8 Å². The number of nitrogens with zero attached hydrogens (tertiary/aromatic N) is 2. The topological polar surface area (TPSA) is 93.4 Å². The highest BCUT2D eigenvalue weighted by Crippen LogP contribution is 2.39. The molecule has 1 fully saturated rings. The van der Waals surface area contributed by atoms with Crippen LogP contribution in [0.25, 0.3) is 11.0 Å². The van der Waals surface area contributed by atoms with Gasteiger partial charge in [-0.25, -0.2) is 4.98 Å². The highest BCUT2D eigenvalue weighted by atomic mass is 16.5. The first-order chi connectivity index (χ1) is 10.0. The van der Waals surface area contributed by atoms with E-state index >= 15 is 0 Å². The van der Waals surface area contributed by atoms with E-state index in [1.54, 1.807) is 24.8 Å². The van der Waals surface area contributed by atoms with E-state index in [-0.39, 0.29) is 5.91 Å². The van der Waals surface area contributed by atoms with Crippen molar-refractivity contribution >= 4 is 28.9 Å². The summed E-state index contributed by atoms with van der Waals surface area (Å²) >= 11 is 0. The Morgan fingerprint density at radius 2 is 2.19 bits per heavy atom. The average molecular weight is 289 g/mol. The zero-order valence-corrected chi connectivity index (χ0v) is 11.7. The Balaban J connectivity index is 1.86. The molecule has 0 bridgehead atoms. The fourth-order valence-corrected chi connectivity index (χ4v) is 2.43. The fraction of sp³-hybridized carbons (Fsp3) is 0.357. The van der Waals surface area contributed by atoms with Gasteiger partial charge in [0.15, 0.2) is 0 Å². The van der Waals surface area contributed by atoms with Crippen LogP contribution in [0.3, 0.4) is 0 Å². The lowest BCUT2D eigenvalue weighted by atomic mass is 10.3. The number of hydrogen-bond donors (Lipinski definition) is 2. The molecule has 21 heavy (non-hydrogen) atoms. The number of rotatable bonds is 4. The quantitative estimate of drug-likeness (QED) is 0.883. The van der Waals surface area contributed by atoms with Crippen LogP contribution in [0.2, 0.25) is 0 Å². The summed E-state index contributed by atoms with van der Waals surface area (Å²) < 4.78 is 6.99. The molecule has 0 aliphatic heterocycles. The number of carbonyl (C=O) groups is 2. The van der Waals surface area contributed by atoms with E-state index in [4.69, 9.17) is 9.84 Å². The van der Waals surface area contributed by atoms with Crippen molar-refractivity contribution in [3.8, 4) is 5.75 Å². The number of carboxylic acids is 1. The lowest BCUT2D eigenvalue weighted by molar-refractivity contribution is -0.139. The number of amides is 1. The molecule has 1 heterocycles. The van der Waals surface area contributed by atoms with Gasteiger partial charge in [0.25, 0.3) is 0 Å². The Morgan fingerprint density at radius 3 is 2.81 bits per heavy atom. The molecule has 1 aliphatic carbocycles. The van der Waals surface area contributed by atoms with E-state index in [0.717, 1.165) is 5.52 Å². The highest BCUT2D eigenvalue weighted by Gasteiger charge is 2.48. The minimum absolute atomic E-state index is 0.306. The van der Waals surface area contributed by atoms with Crippen LogP contribution in [0.15, 0.2) is 18.2 Å². The second-order valence-corrected chi connectivity index (χ2v) is 5.10. The summed E-state index contributed by atoms with van der Waals surface area (Å²) in [6.45, 7) is 0. The highest BCUT2D eigenvalue weighted by molar-refractivity contribution is 5.98. The standard InChI is InChI=1S/C14H15N3O4/c1-17-9-4-3-5-10(21-2)11(9)15-14(17)16-12(18)7-6-8(7)13(19)20/h3-5,7-8H,6H2,1-2H3,(H,19,20)(H,15,16,18)/t7-,8-/m0/s1. The first kappa shape index (κ1) is 13.4. The summed E-state index contributed by atoms with van der Waals surface area (Å²) in [7, 11) is 3.34. The zero-order chi connectivity index (χ0) is 15.1. The van der Waals surface area contributed by atoms with E-state index in [9.17, 15) is 9.59 Å². The SMILES string of the molecule is COc1cccc2c1nc(NC(=O)[C@H]1C[C@@H]1C(=O)O)n2C. The zero-order valence-electron chi connectivity index (χ0n) is 11.7. The molecule has 1 saturated carbocycles. The Hall–Kier alpha value is -2.57. The number of fused-ring (bicyclic) bond motifs is 1. The van der Waals surface area contributed by atoms with Crippen LogP contribution in [0.5, 0.6) is 5.75 Å². The second kappa shape index (κ2) is 4.76. The monoisotopic (exact) mass is 289 g/mol. The van der Waals surface area contributed by atoms with E-state index in [1.165, 1.54) is 0 Å². The van der Waals surface area contributed by atoms with Crippen LogP contribution in [0.1, 0.15) is 6.42 Å². The van der Waals surface area contributed by atoms with Gasteiger partial charge in [0.05, 0.1) is 24.5 Å². The van der Waals surface area contributed by atoms with Crippen molar-refractivity contribution in [1.29, 1.82) is 0 Å². The summed E-state index contributed by atoms with van der Waals surface area (Å²) in [6, 6.07) is 5.51. The molecule has 0 spiro atoms. The molecule has 0 unspecified atom stereocenters. The summed E-state index contributed by atoms with van der Waals surface area (Å²) in [5.41, 5.74) is 1.48. The van der Waals surface area contributed by atoms with Gasteiger partial charge in [-0.15, -0.1) is 0 Å². The van der Waals surface area contributed by atoms with E-state index in [2.05, 4.69) is 10.3 Å². The molecule has 110 valence electrons. The van der Waals surface area contributed by atoms with Gasteiger partial charge in [-0.05, 0) is 18.6 Å². The van der Waals surface area contributed by atoms with Gasteiger partial charge in [-0.2, -0.15) is 0 Å². The number of carbonyl (C=O) groups excluding carboxylic acids is 1. The molecule has 7 heteroatoms. The summed E-state index contributed by atoms with van der Waals surface area (Å²) in [4.78, 5) is 27.2. The molecule has 7 nitrogen and oxygen atoms in total. The molecule has 0 saturated heterocycles. The largest absolute Gasteiger partial charge is 0.494 e. The van der Waals surface area contributed by atoms with Crippen molar-refractivity contribution in [3.05, 3.63) is 18.2 Å². The Bertz CT molecular complexity index is 737. The van der Waals surface area contributed by atoms with Crippen molar-refractivity contribution in [3.63, 3.8) is 0 Å². The lowest BCUT2D eigenvalue weighted by Gasteiger charge is -2.04. The van der Waals surface area contributed by atoms with Gasteiger partial charge < -0.3 is 14.4 Å². The lowest BCUT2D eigenvalue weighted by Crippen LogP contribution is -2.19. The van der Waals surface area contributed by atoms with Gasteiger partial charge >= 0.3 is 5.97 Å². The fourth-order valence-electron chi connectivity index (χ4n) is 2.43. The number of para-hydroxylation sites is 1. The molecule has 2 N–H and O–H groups in total. The van der Waals surface area contributed by atoms with E-state index in [1.807, 2.05) is 12.1 Å². The van der Waals surface area contributed by atoms with Gasteiger partial charge in [-0.1, -0.05) is 6.07 Å². The molecular weight excluding hydrogens is 274 g/mol. The van der Waals surface area contributed by atoms with Crippen LogP contribution in [-0.4, -0.2) is 33.6 Å². The second-order valence-electron chi connectivity index (χ2n) is 5.10. The molecule has 1 aromatic carbocycles. The number of aliphatic carboxylic acids is 1. The number of methoxy groups -OCH3 is 1. The first-order valence-corrected chi connectivity index (χ1v) is 6.56. The van der Waals surface area contributed by atoms with Crippen molar-refractivity contribution in [2.45, 2.75) is 6.42 Å². The number of aryl methyl sites for hydroxylation is 1. The van der Waals surface area contributed by atoms with Gasteiger partial charge in [-0.3, -0.25) is 14.9 Å². The number of aromatic nitrogens is 2. The summed E-state index contributed by atoms with van der Waals surface area (Å²) in [6.07, 6.45) is 0.383. The average Bonchev–Trinajstić information content (AvgIpc) is 3.21. The molecule has 0 radical (unpaired) electrons. The third-order valence-corrected chi connectivity index (χ3v) is 3.77. The minimum Gasteiger partial charge on any atom is -0.494 e. The number of anilines is 1. The maximum atomic E-state index is 12.0. The predicted molar refractivity (Wildman–Crippen MR) is 75.1 cm³/mol. The van der Waals surface area contributed by atoms with E-state index in [0.29, 0.717) is 23.6 Å². The smallest absolute Gasteiger partial charge is 0.307 e. The molecule has 1 amide bonds. The third-order valence-electron chi connectivity index (χ3n) is 3.77. The van der Waals surface area contributed by atoms with Crippen molar-refractivity contribution < 1.29 is 19.4 Å². The van der Waals surface area contributed by atoms with Crippen molar-refractivity contribution in [2.24, 2.45) is 18.9 Å². The normalized spacial score (nSPS) is 20.3. The number of benzene rings is 1. The first-order valence-electron chi connectivity index (χ1n) is 6.56. The van der Waals surface area contributed by atoms with Gasteiger partial charge in [0.2, 0.25) is 11.9 Å². The molecular formula is C14H15N3O4. The number of carboxylic acid groups (broad SMARTS) is 1. The number of ether oxygens (including phenoxy) is 1. The molecule has 1 aromatic heterocycles. The maximum Gasteiger partial charge on any atom is 0.307 e. The summed E-state index contributed by atoms with van der Waals surface area (Å²) in [5, 5.41) is 11.6. The molecule has 2 atom stereocenters. The predicted octanol–water partition coefficient (Wildman–Crippen LogP) is 1.24. The Kier molecular flexibility index (Phi) is 3.04. The van der Waals surface area contributed by atoms with Crippen molar-refractivity contribution in [2.75, 3.05) is 12.4 Å². The van der Waals surface area contributed by atoms with Crippen LogP contribution in [0.4, 0.5) is 5.95 Å². The number of hydrogen-bond acceptors (Lipinski definition) is 4. The number of nitrogens with one attached hydrogen (secondary N) is 1. The molecule has 3 rings (SSSR count). The van der Waals surface area contributed by atoms with Crippen molar-refractivity contribution in [1.82, 2.24) is 9.55 Å². The van der Waals surface area contributed by atoms with Gasteiger partial charge in [0.1, 0.15) is 11.3 Å². The van der Waals surface area contributed by atoms with Gasteiger partial charge in [0, 0.05) is 7.05 Å². The Labute approximate surface area is 120 Å². The molecule has 2 aromatic rings. The van der Waals surface area contributed by atoms with Crippen LogP contribution >= 0.6 is 0 Å². The maximum absolute atomic E-state index is 12.0. The third kappa shape index (κ3) is 2.20. The number of imidazole rings is 1. The van der Waals surface area contributed by atoms with Crippen LogP contribution in [-0.2, 0) is 16.6 Å². The Morgan fingerprint density at radius 1 is 1.43 bits per heavy atom.